The van der Waals surface area contributed by atoms with Crippen LogP contribution < -0.4 is 4.49 Å². The Morgan fingerprint density at radius 3 is 2.62 bits per heavy atom. The van der Waals surface area contributed by atoms with E-state index in [2.05, 4.69) is 4.49 Å². The summed E-state index contributed by atoms with van der Waals surface area (Å²) < 4.78 is 34.7. The van der Waals surface area contributed by atoms with E-state index in [-0.39, 0.29) is 30.5 Å². The maximum absolute atomic E-state index is 11.2. The molecule has 1 saturated heterocycles. The zero-order valence-electron chi connectivity index (χ0n) is 9.58. The molecule has 6 unspecified atom stereocenters. The average molecular weight is 264 g/mol. The van der Waals surface area contributed by atoms with Crippen LogP contribution in [0.2, 0.25) is 0 Å². The highest BCUT2D eigenvalue weighted by Gasteiger charge is 2.38. The third-order valence-electron chi connectivity index (χ3n) is 2.83. The molecular weight excluding hydrogens is 248 g/mol. The number of hydrogen-bond acceptors (Lipinski definition) is 4. The minimum atomic E-state index is -2.10. The van der Waals surface area contributed by atoms with Crippen LogP contribution in [0.1, 0.15) is 13.8 Å². The minimum absolute atomic E-state index is 0.156. The molecule has 8 heteroatoms. The van der Waals surface area contributed by atoms with Crippen LogP contribution in [0.4, 0.5) is 0 Å². The molecule has 0 saturated carbocycles. The summed E-state index contributed by atoms with van der Waals surface area (Å²) in [5.41, 5.74) is 0. The first-order valence-corrected chi connectivity index (χ1v) is 7.76. The molecule has 2 radical (unpaired) electrons. The second kappa shape index (κ2) is 6.33. The van der Waals surface area contributed by atoms with E-state index in [0.717, 1.165) is 0 Å². The lowest BCUT2D eigenvalue weighted by Crippen LogP contribution is -2.22. The van der Waals surface area contributed by atoms with Crippen LogP contribution in [0.25, 0.3) is 0 Å². The third-order valence-corrected chi connectivity index (χ3v) is 4.83. The normalized spacial score (nSPS) is 37.4. The Labute approximate surface area is 101 Å². The fourth-order valence-electron chi connectivity index (χ4n) is 1.55. The molecule has 0 aromatic carbocycles. The first-order chi connectivity index (χ1) is 7.41. The van der Waals surface area contributed by atoms with Crippen LogP contribution in [-0.4, -0.2) is 37.4 Å². The van der Waals surface area contributed by atoms with Gasteiger partial charge in [0.05, 0.1) is 17.5 Å². The predicted octanol–water partition coefficient (Wildman–Crippen LogP) is 0.709. The van der Waals surface area contributed by atoms with E-state index in [4.69, 9.17) is 17.1 Å². The molecule has 1 N–H and O–H groups in total. The van der Waals surface area contributed by atoms with Gasteiger partial charge in [-0.3, -0.25) is 0 Å². The van der Waals surface area contributed by atoms with E-state index in [1.54, 1.807) is 0 Å². The molecule has 0 aromatic heterocycles. The van der Waals surface area contributed by atoms with Gasteiger partial charge in [-0.05, 0) is 16.4 Å². The topological polar surface area (TPSA) is 70.6 Å². The summed E-state index contributed by atoms with van der Waals surface area (Å²) >= 11 is -1.35. The minimum Gasteiger partial charge on any atom is -0.595 e. The van der Waals surface area contributed by atoms with Gasteiger partial charge in [0.1, 0.15) is 25.2 Å². The van der Waals surface area contributed by atoms with E-state index >= 15 is 0 Å². The van der Waals surface area contributed by atoms with Gasteiger partial charge < -0.3 is 9.29 Å². The molecule has 1 aliphatic heterocycles. The summed E-state index contributed by atoms with van der Waals surface area (Å²) in [6.07, 6.45) is 1.24. The molecular formula is C8H16BNO4PS+. The smallest absolute Gasteiger partial charge is 0.595 e. The molecule has 0 amide bonds. The molecule has 6 atom stereocenters. The summed E-state index contributed by atoms with van der Waals surface area (Å²) in [6, 6.07) is -0.297. The van der Waals surface area contributed by atoms with Gasteiger partial charge in [0.25, 0.3) is 0 Å². The molecule has 0 aliphatic carbocycles. The number of ether oxygens (including phenoxy) is 1. The average Bonchev–Trinajstić information content (AvgIpc) is 2.42. The SMILES string of the molecule is [B]C1OC(CO[P+](=O)N[S+](C)[O-])C(C)C1C. The first-order valence-electron chi connectivity index (χ1n) is 5.02. The molecule has 1 aliphatic rings. The Kier molecular flexibility index (Phi) is 5.70. The van der Waals surface area contributed by atoms with Crippen LogP contribution >= 0.6 is 8.18 Å². The summed E-state index contributed by atoms with van der Waals surface area (Å²) in [7, 11) is 3.63. The summed E-state index contributed by atoms with van der Waals surface area (Å²) in [5.74, 6) is 0.505. The van der Waals surface area contributed by atoms with Crippen molar-refractivity contribution in [1.82, 2.24) is 4.49 Å². The van der Waals surface area contributed by atoms with Gasteiger partial charge in [-0.2, -0.15) is 0 Å². The number of nitrogens with one attached hydrogen (secondary N) is 1. The van der Waals surface area contributed by atoms with Crippen LogP contribution in [0.3, 0.4) is 0 Å². The van der Waals surface area contributed by atoms with E-state index in [0.29, 0.717) is 0 Å². The van der Waals surface area contributed by atoms with Gasteiger partial charge in [-0.1, -0.05) is 13.8 Å². The van der Waals surface area contributed by atoms with Gasteiger partial charge in [-0.25, -0.2) is 0 Å². The van der Waals surface area contributed by atoms with Crippen molar-refractivity contribution in [3.8, 4) is 0 Å². The van der Waals surface area contributed by atoms with Gasteiger partial charge in [0, 0.05) is 6.00 Å². The Morgan fingerprint density at radius 1 is 1.56 bits per heavy atom. The third kappa shape index (κ3) is 3.98. The summed E-state index contributed by atoms with van der Waals surface area (Å²) in [5, 5.41) is 0. The van der Waals surface area contributed by atoms with Crippen LogP contribution in [0.5, 0.6) is 0 Å². The highest BCUT2D eigenvalue weighted by atomic mass is 32.2. The monoisotopic (exact) mass is 264 g/mol. The number of rotatable bonds is 5. The van der Waals surface area contributed by atoms with Gasteiger partial charge in [0.15, 0.2) is 0 Å². The first kappa shape index (κ1) is 14.4. The van der Waals surface area contributed by atoms with Crippen molar-refractivity contribution >= 4 is 27.4 Å². The van der Waals surface area contributed by atoms with E-state index < -0.39 is 19.5 Å². The van der Waals surface area contributed by atoms with Crippen molar-refractivity contribution in [2.24, 2.45) is 11.8 Å². The summed E-state index contributed by atoms with van der Waals surface area (Å²) in [6.45, 7) is 4.22. The molecule has 1 heterocycles. The fraction of sp³-hybridized carbons (Fsp3) is 1.00. The van der Waals surface area contributed by atoms with E-state index in [9.17, 15) is 9.12 Å². The van der Waals surface area contributed by atoms with Crippen molar-refractivity contribution in [2.75, 3.05) is 12.9 Å². The Hall–Kier alpha value is 0.355. The van der Waals surface area contributed by atoms with Gasteiger partial charge >= 0.3 is 8.18 Å². The molecule has 5 nitrogen and oxygen atoms in total. The highest BCUT2D eigenvalue weighted by Crippen LogP contribution is 2.32. The van der Waals surface area contributed by atoms with Crippen molar-refractivity contribution in [2.45, 2.75) is 26.0 Å². The highest BCUT2D eigenvalue weighted by molar-refractivity contribution is 7.92. The Balaban J connectivity index is 2.31. The standard InChI is InChI=1S/C8H16BNO4PS/c1-5-6(2)8(9)14-7(5)4-13-15(11)10-16(3)12/h5-8H,4H2,1-3H3,(H,10,11)/q+1. The molecule has 0 aromatic rings. The van der Waals surface area contributed by atoms with E-state index in [1.165, 1.54) is 6.26 Å². The molecule has 90 valence electrons. The van der Waals surface area contributed by atoms with Crippen LogP contribution in [0, 0.1) is 11.8 Å². The molecule has 0 spiro atoms. The largest absolute Gasteiger partial charge is 0.658 e. The lowest BCUT2D eigenvalue weighted by atomic mass is 9.82. The lowest BCUT2D eigenvalue weighted by Gasteiger charge is -2.12. The molecule has 1 fully saturated rings. The fourth-order valence-corrected chi connectivity index (χ4v) is 2.88. The Morgan fingerprint density at radius 2 is 2.19 bits per heavy atom. The van der Waals surface area contributed by atoms with Crippen molar-refractivity contribution in [3.63, 3.8) is 0 Å². The zero-order valence-corrected chi connectivity index (χ0v) is 11.3. The second-order valence-corrected chi connectivity index (χ2v) is 6.37. The van der Waals surface area contributed by atoms with Crippen molar-refractivity contribution in [1.29, 1.82) is 0 Å². The van der Waals surface area contributed by atoms with Crippen molar-refractivity contribution < 1.29 is 18.4 Å². The second-order valence-electron chi connectivity index (χ2n) is 3.96. The van der Waals surface area contributed by atoms with Gasteiger partial charge in [0.2, 0.25) is 0 Å². The lowest BCUT2D eigenvalue weighted by molar-refractivity contribution is 0.0384. The number of hydrogen-bond donors (Lipinski definition) is 1. The molecule has 16 heavy (non-hydrogen) atoms. The predicted molar refractivity (Wildman–Crippen MR) is 63.5 cm³/mol. The summed E-state index contributed by atoms with van der Waals surface area (Å²) in [4.78, 5) is 0. The quantitative estimate of drug-likeness (QED) is 0.450. The zero-order chi connectivity index (χ0) is 12.3. The maximum Gasteiger partial charge on any atom is 0.658 e. The molecule has 0 bridgehead atoms. The van der Waals surface area contributed by atoms with Crippen molar-refractivity contribution in [3.05, 3.63) is 0 Å². The van der Waals surface area contributed by atoms with Crippen LogP contribution in [0.15, 0.2) is 0 Å². The Bertz CT molecular complexity index is 258. The van der Waals surface area contributed by atoms with Crippen LogP contribution in [-0.2, 0) is 25.2 Å². The van der Waals surface area contributed by atoms with Gasteiger partial charge in [-0.15, -0.1) is 4.52 Å². The molecule has 1 rings (SSSR count). The van der Waals surface area contributed by atoms with E-state index in [1.807, 2.05) is 13.8 Å². The maximum atomic E-state index is 11.2.